The van der Waals surface area contributed by atoms with Gasteiger partial charge in [-0.3, -0.25) is 0 Å². The van der Waals surface area contributed by atoms with E-state index in [-0.39, 0.29) is 24.9 Å². The summed E-state index contributed by atoms with van der Waals surface area (Å²) < 4.78 is 5.01. The Morgan fingerprint density at radius 3 is 2.00 bits per heavy atom. The Balaban J connectivity index is 0.000000511. The minimum Gasteiger partial charge on any atom is -0.508 e. The molecule has 1 aromatic carbocycles. The van der Waals surface area contributed by atoms with Crippen LogP contribution in [0.1, 0.15) is 24.2 Å². The fourth-order valence-corrected chi connectivity index (χ4v) is 0.981. The van der Waals surface area contributed by atoms with Crippen LogP contribution in [0.15, 0.2) is 24.3 Å². The molecular formula is C14H22O6. The highest BCUT2D eigenvalue weighted by atomic mass is 16.5. The summed E-state index contributed by atoms with van der Waals surface area (Å²) >= 11 is 0. The lowest BCUT2D eigenvalue weighted by Crippen LogP contribution is -2.15. The molecule has 0 spiro atoms. The molecule has 0 aliphatic carbocycles. The topological polar surface area (TPSA) is 107 Å². The molecule has 0 atom stereocenters. The summed E-state index contributed by atoms with van der Waals surface area (Å²) in [5, 5.41) is 33.0. The number of esters is 1. The molecule has 20 heavy (non-hydrogen) atoms. The number of aliphatic hydroxyl groups is 3. The number of aromatic hydroxyl groups is 1. The minimum atomic E-state index is -0.954. The van der Waals surface area contributed by atoms with Gasteiger partial charge in [-0.25, -0.2) is 4.79 Å². The lowest BCUT2D eigenvalue weighted by Gasteiger charge is -2.06. The van der Waals surface area contributed by atoms with E-state index >= 15 is 0 Å². The lowest BCUT2D eigenvalue weighted by atomic mass is 10.2. The number of ether oxygens (including phenoxy) is 1. The van der Waals surface area contributed by atoms with Gasteiger partial charge in [-0.15, -0.1) is 0 Å². The zero-order chi connectivity index (χ0) is 15.5. The Labute approximate surface area is 118 Å². The van der Waals surface area contributed by atoms with E-state index in [9.17, 15) is 4.79 Å². The number of hydrogen-bond donors (Lipinski definition) is 4. The van der Waals surface area contributed by atoms with E-state index in [1.165, 1.54) is 24.3 Å². The summed E-state index contributed by atoms with van der Waals surface area (Å²) in [6, 6.07) is 6.01. The van der Waals surface area contributed by atoms with Gasteiger partial charge in [0.15, 0.2) is 0 Å². The molecule has 0 amide bonds. The Morgan fingerprint density at radius 1 is 1.15 bits per heavy atom. The standard InChI is InChI=1S/C11H14O3.C3H8O3/c1-8(2)7-14-11(13)9-3-5-10(12)6-4-9;4-1-3(6)2-5/h3-6,8,12H,7H2,1-2H3;3-6H,1-2H2. The van der Waals surface area contributed by atoms with Gasteiger partial charge in [0.2, 0.25) is 0 Å². The third kappa shape index (κ3) is 8.47. The number of hydrogen-bond acceptors (Lipinski definition) is 6. The summed E-state index contributed by atoms with van der Waals surface area (Å²) in [6.45, 7) is 3.64. The van der Waals surface area contributed by atoms with Crippen molar-refractivity contribution >= 4 is 5.97 Å². The molecule has 0 heterocycles. The van der Waals surface area contributed by atoms with Gasteiger partial charge < -0.3 is 25.2 Å². The molecule has 0 aliphatic heterocycles. The van der Waals surface area contributed by atoms with Crippen LogP contribution in [0.5, 0.6) is 5.75 Å². The SMILES string of the molecule is CC(C)COC(=O)c1ccc(O)cc1.OCC(O)CO. The van der Waals surface area contributed by atoms with Crippen molar-refractivity contribution in [1.29, 1.82) is 0 Å². The number of rotatable bonds is 5. The van der Waals surface area contributed by atoms with Gasteiger partial charge in [0.25, 0.3) is 0 Å². The van der Waals surface area contributed by atoms with Crippen molar-refractivity contribution in [3.63, 3.8) is 0 Å². The number of benzene rings is 1. The quantitative estimate of drug-likeness (QED) is 0.588. The first-order valence-electron chi connectivity index (χ1n) is 6.26. The van der Waals surface area contributed by atoms with Crippen molar-refractivity contribution < 1.29 is 30.0 Å². The van der Waals surface area contributed by atoms with E-state index in [1.807, 2.05) is 13.8 Å². The van der Waals surface area contributed by atoms with Gasteiger partial charge in [-0.1, -0.05) is 13.8 Å². The second-order valence-electron chi connectivity index (χ2n) is 4.56. The Kier molecular flexibility index (Phi) is 9.36. The van der Waals surface area contributed by atoms with Gasteiger partial charge in [-0.2, -0.15) is 0 Å². The predicted molar refractivity (Wildman–Crippen MR) is 73.4 cm³/mol. The zero-order valence-electron chi connectivity index (χ0n) is 11.7. The molecule has 0 bridgehead atoms. The van der Waals surface area contributed by atoms with Crippen molar-refractivity contribution in [3.8, 4) is 5.75 Å². The third-order valence-electron chi connectivity index (χ3n) is 2.07. The number of carbonyl (C=O) groups is 1. The maximum absolute atomic E-state index is 11.4. The smallest absolute Gasteiger partial charge is 0.338 e. The summed E-state index contributed by atoms with van der Waals surface area (Å²) in [5.41, 5.74) is 0.462. The Hall–Kier alpha value is -1.63. The number of phenols is 1. The van der Waals surface area contributed by atoms with Crippen LogP contribution in [0.4, 0.5) is 0 Å². The molecule has 1 aromatic rings. The molecule has 0 aromatic heterocycles. The van der Waals surface area contributed by atoms with Crippen LogP contribution in [0.25, 0.3) is 0 Å². The predicted octanol–water partition coefficient (Wildman–Crippen LogP) is 0.537. The molecule has 0 radical (unpaired) electrons. The summed E-state index contributed by atoms with van der Waals surface area (Å²) in [7, 11) is 0. The van der Waals surface area contributed by atoms with Gasteiger partial charge in [0.1, 0.15) is 11.9 Å². The van der Waals surface area contributed by atoms with E-state index in [0.717, 1.165) is 0 Å². The van der Waals surface area contributed by atoms with Crippen LogP contribution in [0.2, 0.25) is 0 Å². The van der Waals surface area contributed by atoms with Crippen molar-refractivity contribution in [2.45, 2.75) is 20.0 Å². The van der Waals surface area contributed by atoms with Gasteiger partial charge in [0, 0.05) is 0 Å². The van der Waals surface area contributed by atoms with Gasteiger partial charge >= 0.3 is 5.97 Å². The summed E-state index contributed by atoms with van der Waals surface area (Å²) in [6.07, 6.45) is -0.954. The maximum atomic E-state index is 11.4. The second kappa shape index (κ2) is 10.2. The highest BCUT2D eigenvalue weighted by Crippen LogP contribution is 2.10. The van der Waals surface area contributed by atoms with Crippen LogP contribution in [-0.2, 0) is 4.74 Å². The first-order chi connectivity index (χ1) is 9.40. The summed E-state index contributed by atoms with van der Waals surface area (Å²) in [4.78, 5) is 11.4. The minimum absolute atomic E-state index is 0.144. The molecule has 0 unspecified atom stereocenters. The first kappa shape index (κ1) is 18.4. The van der Waals surface area contributed by atoms with E-state index < -0.39 is 6.10 Å². The van der Waals surface area contributed by atoms with Crippen LogP contribution in [-0.4, -0.2) is 52.3 Å². The van der Waals surface area contributed by atoms with Crippen molar-refractivity contribution in [3.05, 3.63) is 29.8 Å². The average molecular weight is 286 g/mol. The lowest BCUT2D eigenvalue weighted by molar-refractivity contribution is 0.0450. The van der Waals surface area contributed by atoms with Gasteiger partial charge in [-0.05, 0) is 30.2 Å². The largest absolute Gasteiger partial charge is 0.508 e. The number of aliphatic hydroxyl groups excluding tert-OH is 3. The van der Waals surface area contributed by atoms with Crippen LogP contribution in [0.3, 0.4) is 0 Å². The fraction of sp³-hybridized carbons (Fsp3) is 0.500. The highest BCUT2D eigenvalue weighted by Gasteiger charge is 2.07. The van der Waals surface area contributed by atoms with E-state index in [4.69, 9.17) is 25.2 Å². The molecule has 6 heteroatoms. The van der Waals surface area contributed by atoms with E-state index in [1.54, 1.807) is 0 Å². The number of carbonyl (C=O) groups excluding carboxylic acids is 1. The molecule has 114 valence electrons. The monoisotopic (exact) mass is 286 g/mol. The van der Waals surface area contributed by atoms with Crippen molar-refractivity contribution in [2.24, 2.45) is 5.92 Å². The third-order valence-corrected chi connectivity index (χ3v) is 2.07. The maximum Gasteiger partial charge on any atom is 0.338 e. The zero-order valence-corrected chi connectivity index (χ0v) is 11.7. The molecular weight excluding hydrogens is 264 g/mol. The first-order valence-corrected chi connectivity index (χ1v) is 6.26. The molecule has 0 saturated carbocycles. The molecule has 6 nitrogen and oxygen atoms in total. The van der Waals surface area contributed by atoms with E-state index in [0.29, 0.717) is 18.1 Å². The average Bonchev–Trinajstić information content (AvgIpc) is 2.45. The van der Waals surface area contributed by atoms with Crippen molar-refractivity contribution in [1.82, 2.24) is 0 Å². The highest BCUT2D eigenvalue weighted by molar-refractivity contribution is 5.89. The van der Waals surface area contributed by atoms with Crippen LogP contribution < -0.4 is 0 Å². The second-order valence-corrected chi connectivity index (χ2v) is 4.56. The van der Waals surface area contributed by atoms with Crippen LogP contribution >= 0.6 is 0 Å². The normalized spacial score (nSPS) is 10.2. The number of phenolic OH excluding ortho intramolecular Hbond substituents is 1. The molecule has 1 rings (SSSR count). The van der Waals surface area contributed by atoms with Gasteiger partial charge in [0.05, 0.1) is 25.4 Å². The summed E-state index contributed by atoms with van der Waals surface area (Å²) in [5.74, 6) is 0.125. The Morgan fingerprint density at radius 2 is 1.65 bits per heavy atom. The Bertz CT molecular complexity index is 370. The molecule has 0 fully saturated rings. The molecule has 4 N–H and O–H groups in total. The fourth-order valence-electron chi connectivity index (χ4n) is 0.981. The van der Waals surface area contributed by atoms with Crippen molar-refractivity contribution in [2.75, 3.05) is 19.8 Å². The molecule has 0 saturated heterocycles. The van der Waals surface area contributed by atoms with Crippen LogP contribution in [0, 0.1) is 5.92 Å². The van der Waals surface area contributed by atoms with E-state index in [2.05, 4.69) is 0 Å². The molecule has 0 aliphatic rings.